The van der Waals surface area contributed by atoms with Gasteiger partial charge in [0.05, 0.1) is 4.90 Å². The first-order chi connectivity index (χ1) is 12.8. The molecule has 1 aromatic carbocycles. The van der Waals surface area contributed by atoms with E-state index in [1.165, 1.54) is 6.42 Å². The lowest BCUT2D eigenvalue weighted by atomic mass is 9.94. The van der Waals surface area contributed by atoms with E-state index >= 15 is 0 Å². The topological polar surface area (TPSA) is 57.7 Å². The van der Waals surface area contributed by atoms with Crippen LogP contribution >= 0.6 is 0 Å². The van der Waals surface area contributed by atoms with Crippen LogP contribution in [0.5, 0.6) is 0 Å². The van der Waals surface area contributed by atoms with Crippen LogP contribution in [0.1, 0.15) is 64.4 Å². The highest BCUT2D eigenvalue weighted by molar-refractivity contribution is 7.89. The summed E-state index contributed by atoms with van der Waals surface area (Å²) in [6.45, 7) is 8.00. The van der Waals surface area contributed by atoms with Crippen LogP contribution < -0.4 is 0 Å². The van der Waals surface area contributed by atoms with Crippen LogP contribution in [-0.4, -0.2) is 49.2 Å². The maximum absolute atomic E-state index is 12.9. The molecule has 5 nitrogen and oxygen atoms in total. The molecule has 1 amide bonds. The second-order valence-electron chi connectivity index (χ2n) is 8.28. The van der Waals surface area contributed by atoms with E-state index in [1.807, 2.05) is 17.0 Å². The number of likely N-dealkylation sites (tertiary alicyclic amines) is 1. The number of hydrogen-bond acceptors (Lipinski definition) is 3. The number of hydrogen-bond donors (Lipinski definition) is 0. The van der Waals surface area contributed by atoms with Crippen molar-refractivity contribution in [2.75, 3.05) is 19.6 Å². The van der Waals surface area contributed by atoms with Crippen LogP contribution in [0.4, 0.5) is 0 Å². The average molecular weight is 393 g/mol. The predicted molar refractivity (Wildman–Crippen MR) is 107 cm³/mol. The first-order valence-electron chi connectivity index (χ1n) is 10.2. The highest BCUT2D eigenvalue weighted by atomic mass is 32.2. The Morgan fingerprint density at radius 1 is 1.00 bits per heavy atom. The van der Waals surface area contributed by atoms with Gasteiger partial charge in [0.25, 0.3) is 0 Å². The standard InChI is InChI=1S/C21H32N2O3S/c1-16(2)18-7-9-20(10-8-18)27(25,26)22-14-11-19(12-15-22)21(24)23-13-5-4-6-17(23)3/h7-10,16-17,19H,4-6,11-15H2,1-3H3. The van der Waals surface area contributed by atoms with Gasteiger partial charge in [0.2, 0.25) is 15.9 Å². The van der Waals surface area contributed by atoms with Crippen molar-refractivity contribution < 1.29 is 13.2 Å². The molecule has 6 heteroatoms. The molecular formula is C21H32N2O3S. The molecular weight excluding hydrogens is 360 g/mol. The highest BCUT2D eigenvalue weighted by Crippen LogP contribution is 2.28. The molecule has 1 unspecified atom stereocenters. The number of carbonyl (C=O) groups excluding carboxylic acids is 1. The zero-order chi connectivity index (χ0) is 19.6. The smallest absolute Gasteiger partial charge is 0.243 e. The van der Waals surface area contributed by atoms with Gasteiger partial charge in [-0.3, -0.25) is 4.79 Å². The maximum Gasteiger partial charge on any atom is 0.243 e. The fourth-order valence-electron chi connectivity index (χ4n) is 4.18. The Morgan fingerprint density at radius 2 is 1.63 bits per heavy atom. The number of rotatable bonds is 4. The van der Waals surface area contributed by atoms with Crippen molar-refractivity contribution in [2.45, 2.75) is 69.7 Å². The van der Waals surface area contributed by atoms with Crippen LogP contribution in [-0.2, 0) is 14.8 Å². The molecule has 0 aliphatic carbocycles. The van der Waals surface area contributed by atoms with E-state index in [-0.39, 0.29) is 11.8 Å². The lowest BCUT2D eigenvalue weighted by molar-refractivity contribution is -0.140. The molecule has 2 heterocycles. The first kappa shape index (κ1) is 20.3. The summed E-state index contributed by atoms with van der Waals surface area (Å²) in [6.07, 6.45) is 4.58. The maximum atomic E-state index is 12.9. The van der Waals surface area contributed by atoms with E-state index in [2.05, 4.69) is 20.8 Å². The largest absolute Gasteiger partial charge is 0.340 e. The SMILES string of the molecule is CC(C)c1ccc(S(=O)(=O)N2CCC(C(=O)N3CCCCC3C)CC2)cc1. The van der Waals surface area contributed by atoms with Crippen molar-refractivity contribution in [3.63, 3.8) is 0 Å². The highest BCUT2D eigenvalue weighted by Gasteiger charge is 2.35. The zero-order valence-corrected chi connectivity index (χ0v) is 17.5. The van der Waals surface area contributed by atoms with Gasteiger partial charge in [-0.25, -0.2) is 8.42 Å². The molecule has 2 fully saturated rings. The minimum absolute atomic E-state index is 0.0414. The molecule has 150 valence electrons. The number of amides is 1. The molecule has 0 spiro atoms. The van der Waals surface area contributed by atoms with Gasteiger partial charge < -0.3 is 4.90 Å². The molecule has 1 aromatic rings. The summed E-state index contributed by atoms with van der Waals surface area (Å²) in [7, 11) is -3.48. The van der Waals surface area contributed by atoms with Crippen molar-refractivity contribution in [3.8, 4) is 0 Å². The average Bonchev–Trinajstić information content (AvgIpc) is 2.68. The second-order valence-corrected chi connectivity index (χ2v) is 10.2. The Balaban J connectivity index is 1.63. The third-order valence-corrected chi connectivity index (χ3v) is 7.99. The van der Waals surface area contributed by atoms with Gasteiger partial charge in [-0.05, 0) is 62.6 Å². The predicted octanol–water partition coefficient (Wildman–Crippen LogP) is 3.61. The summed E-state index contributed by atoms with van der Waals surface area (Å²) in [6, 6.07) is 7.51. The number of sulfonamides is 1. The van der Waals surface area contributed by atoms with Crippen molar-refractivity contribution in [3.05, 3.63) is 29.8 Å². The number of benzene rings is 1. The summed E-state index contributed by atoms with van der Waals surface area (Å²) in [5.41, 5.74) is 1.13. The molecule has 0 saturated carbocycles. The van der Waals surface area contributed by atoms with Crippen molar-refractivity contribution in [2.24, 2.45) is 5.92 Å². The number of nitrogens with zero attached hydrogens (tertiary/aromatic N) is 2. The van der Waals surface area contributed by atoms with Crippen molar-refractivity contribution in [1.82, 2.24) is 9.21 Å². The quantitative estimate of drug-likeness (QED) is 0.786. The Labute approximate surface area is 163 Å². The van der Waals surface area contributed by atoms with Gasteiger partial charge in [-0.1, -0.05) is 26.0 Å². The number of piperidine rings is 2. The van der Waals surface area contributed by atoms with E-state index in [9.17, 15) is 13.2 Å². The lowest BCUT2D eigenvalue weighted by Crippen LogP contribution is -2.48. The van der Waals surface area contributed by atoms with Crippen molar-refractivity contribution >= 4 is 15.9 Å². The van der Waals surface area contributed by atoms with Crippen LogP contribution in [0.3, 0.4) is 0 Å². The van der Waals surface area contributed by atoms with E-state index in [4.69, 9.17) is 0 Å². The van der Waals surface area contributed by atoms with E-state index < -0.39 is 10.0 Å². The molecule has 2 aliphatic rings. The van der Waals surface area contributed by atoms with Gasteiger partial charge in [0.15, 0.2) is 0 Å². The van der Waals surface area contributed by atoms with Crippen LogP contribution in [0, 0.1) is 5.92 Å². The second kappa shape index (κ2) is 8.31. The van der Waals surface area contributed by atoms with Crippen molar-refractivity contribution in [1.29, 1.82) is 0 Å². The minimum Gasteiger partial charge on any atom is -0.340 e. The van der Waals surface area contributed by atoms with Gasteiger partial charge in [-0.15, -0.1) is 0 Å². The molecule has 3 rings (SSSR count). The normalized spacial score (nSPS) is 23.0. The van der Waals surface area contributed by atoms with Gasteiger partial charge in [-0.2, -0.15) is 4.31 Å². The summed E-state index contributed by atoms with van der Waals surface area (Å²) in [5, 5.41) is 0. The molecule has 0 radical (unpaired) electrons. The molecule has 2 aliphatic heterocycles. The molecule has 0 aromatic heterocycles. The Hall–Kier alpha value is -1.40. The van der Waals surface area contributed by atoms with Crippen LogP contribution in [0.15, 0.2) is 29.2 Å². The summed E-state index contributed by atoms with van der Waals surface area (Å²) < 4.78 is 27.4. The van der Waals surface area contributed by atoms with Gasteiger partial charge in [0, 0.05) is 31.6 Å². The molecule has 0 N–H and O–H groups in total. The van der Waals surface area contributed by atoms with Crippen LogP contribution in [0.2, 0.25) is 0 Å². The van der Waals surface area contributed by atoms with E-state index in [1.54, 1.807) is 16.4 Å². The summed E-state index contributed by atoms with van der Waals surface area (Å²) in [5.74, 6) is 0.557. The zero-order valence-electron chi connectivity index (χ0n) is 16.7. The van der Waals surface area contributed by atoms with Crippen LogP contribution in [0.25, 0.3) is 0 Å². The third-order valence-electron chi connectivity index (χ3n) is 6.07. The monoisotopic (exact) mass is 392 g/mol. The molecule has 27 heavy (non-hydrogen) atoms. The van der Waals surface area contributed by atoms with E-state index in [0.29, 0.717) is 42.8 Å². The first-order valence-corrected chi connectivity index (χ1v) is 11.7. The Morgan fingerprint density at radius 3 is 2.19 bits per heavy atom. The van der Waals surface area contributed by atoms with E-state index in [0.717, 1.165) is 24.9 Å². The molecule has 2 saturated heterocycles. The third kappa shape index (κ3) is 4.37. The summed E-state index contributed by atoms with van der Waals surface area (Å²) in [4.78, 5) is 15.2. The lowest BCUT2D eigenvalue weighted by Gasteiger charge is -2.38. The van der Waals surface area contributed by atoms with Gasteiger partial charge in [0.1, 0.15) is 0 Å². The fraction of sp³-hybridized carbons (Fsp3) is 0.667. The minimum atomic E-state index is -3.48. The Kier molecular flexibility index (Phi) is 6.26. The number of carbonyl (C=O) groups is 1. The summed E-state index contributed by atoms with van der Waals surface area (Å²) >= 11 is 0. The van der Waals surface area contributed by atoms with Gasteiger partial charge >= 0.3 is 0 Å². The molecule has 0 bridgehead atoms. The fourth-order valence-corrected chi connectivity index (χ4v) is 5.65. The molecule has 1 atom stereocenters. The Bertz CT molecular complexity index is 750.